The van der Waals surface area contributed by atoms with Gasteiger partial charge in [0.1, 0.15) is 5.76 Å². The smallest absolute Gasteiger partial charge is 0.117 e. The van der Waals surface area contributed by atoms with Crippen LogP contribution in [0.5, 0.6) is 0 Å². The molecule has 14 heavy (non-hydrogen) atoms. The molecule has 78 valence electrons. The van der Waals surface area contributed by atoms with E-state index in [0.717, 1.165) is 31.4 Å². The minimum absolute atomic E-state index is 0.733. The van der Waals surface area contributed by atoms with Crippen molar-refractivity contribution >= 4 is 0 Å². The average molecular weight is 194 g/mol. The number of rotatable bonds is 5. The fraction of sp³-hybridized carbons (Fsp3) is 0.636. The topological polar surface area (TPSA) is 42.4 Å². The molecule has 0 aliphatic heterocycles. The molecule has 0 radical (unpaired) electrons. The standard InChI is InChI=1S/C11H18N2O/c12-6-7-13(10-3-1-4-10)9-11-5-2-8-14-11/h2,5,8,10H,1,3-4,6-7,9,12H2. The first-order chi connectivity index (χ1) is 6.90. The van der Waals surface area contributed by atoms with Gasteiger partial charge in [-0.2, -0.15) is 0 Å². The van der Waals surface area contributed by atoms with Gasteiger partial charge in [-0.05, 0) is 25.0 Å². The Labute approximate surface area is 84.9 Å². The maximum atomic E-state index is 5.60. The minimum Gasteiger partial charge on any atom is -0.468 e. The molecular weight excluding hydrogens is 176 g/mol. The van der Waals surface area contributed by atoms with E-state index in [4.69, 9.17) is 10.2 Å². The highest BCUT2D eigenvalue weighted by Gasteiger charge is 2.24. The van der Waals surface area contributed by atoms with Gasteiger partial charge < -0.3 is 10.2 Å². The van der Waals surface area contributed by atoms with Crippen molar-refractivity contribution in [1.29, 1.82) is 0 Å². The summed E-state index contributed by atoms with van der Waals surface area (Å²) in [4.78, 5) is 2.43. The van der Waals surface area contributed by atoms with Crippen molar-refractivity contribution < 1.29 is 4.42 Å². The molecule has 0 bridgehead atoms. The van der Waals surface area contributed by atoms with E-state index in [0.29, 0.717) is 0 Å². The predicted octanol–water partition coefficient (Wildman–Crippen LogP) is 1.59. The molecule has 3 nitrogen and oxygen atoms in total. The molecule has 0 amide bonds. The Kier molecular flexibility index (Phi) is 3.22. The summed E-state index contributed by atoms with van der Waals surface area (Å²) in [6.45, 7) is 2.62. The highest BCUT2D eigenvalue weighted by Crippen LogP contribution is 2.25. The van der Waals surface area contributed by atoms with Gasteiger partial charge in [-0.1, -0.05) is 6.42 Å². The Bertz CT molecular complexity index is 254. The van der Waals surface area contributed by atoms with Gasteiger partial charge in [-0.25, -0.2) is 0 Å². The number of hydrogen-bond donors (Lipinski definition) is 1. The van der Waals surface area contributed by atoms with Crippen molar-refractivity contribution in [3.63, 3.8) is 0 Å². The Balaban J connectivity index is 1.89. The third-order valence-electron chi connectivity index (χ3n) is 2.95. The van der Waals surface area contributed by atoms with Crippen LogP contribution in [0.25, 0.3) is 0 Å². The van der Waals surface area contributed by atoms with Crippen LogP contribution in [0.2, 0.25) is 0 Å². The van der Waals surface area contributed by atoms with E-state index < -0.39 is 0 Å². The van der Waals surface area contributed by atoms with Crippen LogP contribution < -0.4 is 5.73 Å². The van der Waals surface area contributed by atoms with Crippen molar-refractivity contribution in [2.24, 2.45) is 5.73 Å². The van der Waals surface area contributed by atoms with Crippen LogP contribution in [-0.4, -0.2) is 24.0 Å². The molecule has 1 aliphatic carbocycles. The van der Waals surface area contributed by atoms with Crippen LogP contribution >= 0.6 is 0 Å². The van der Waals surface area contributed by atoms with Gasteiger partial charge in [0.25, 0.3) is 0 Å². The fourth-order valence-corrected chi connectivity index (χ4v) is 1.91. The summed E-state index contributed by atoms with van der Waals surface area (Å²) in [5, 5.41) is 0. The zero-order valence-electron chi connectivity index (χ0n) is 8.48. The highest BCUT2D eigenvalue weighted by molar-refractivity contribution is 4.99. The van der Waals surface area contributed by atoms with Crippen molar-refractivity contribution in [2.45, 2.75) is 31.8 Å². The molecule has 3 heteroatoms. The van der Waals surface area contributed by atoms with Gasteiger partial charge in [0.05, 0.1) is 12.8 Å². The zero-order valence-corrected chi connectivity index (χ0v) is 8.48. The van der Waals surface area contributed by atoms with Crippen LogP contribution in [0.4, 0.5) is 0 Å². The first-order valence-electron chi connectivity index (χ1n) is 5.36. The monoisotopic (exact) mass is 194 g/mol. The molecule has 1 aromatic rings. The second-order valence-electron chi connectivity index (χ2n) is 3.92. The van der Waals surface area contributed by atoms with Crippen molar-refractivity contribution in [1.82, 2.24) is 4.90 Å². The van der Waals surface area contributed by atoms with Crippen LogP contribution in [0, 0.1) is 0 Å². The summed E-state index contributed by atoms with van der Waals surface area (Å²) >= 11 is 0. The van der Waals surface area contributed by atoms with Crippen LogP contribution in [0.1, 0.15) is 25.0 Å². The van der Waals surface area contributed by atoms with E-state index in [-0.39, 0.29) is 0 Å². The van der Waals surface area contributed by atoms with E-state index in [1.807, 2.05) is 12.1 Å². The molecule has 1 saturated carbocycles. The summed E-state index contributed by atoms with van der Waals surface area (Å²) < 4.78 is 5.35. The second-order valence-corrected chi connectivity index (χ2v) is 3.92. The molecule has 0 atom stereocenters. The normalized spacial score (nSPS) is 17.3. The summed E-state index contributed by atoms with van der Waals surface area (Å²) in [5.74, 6) is 1.05. The van der Waals surface area contributed by atoms with Gasteiger partial charge in [0.2, 0.25) is 0 Å². The molecule has 1 aliphatic rings. The Hall–Kier alpha value is -0.800. The summed E-state index contributed by atoms with van der Waals surface area (Å²) in [6, 6.07) is 4.71. The lowest BCUT2D eigenvalue weighted by Crippen LogP contribution is -2.42. The lowest BCUT2D eigenvalue weighted by molar-refractivity contribution is 0.115. The number of nitrogens with zero attached hydrogens (tertiary/aromatic N) is 1. The molecule has 0 unspecified atom stereocenters. The SMILES string of the molecule is NCCN(Cc1ccco1)C1CCC1. The number of furan rings is 1. The molecule has 1 fully saturated rings. The molecule has 2 rings (SSSR count). The molecular formula is C11H18N2O. The third kappa shape index (κ3) is 2.16. The number of hydrogen-bond acceptors (Lipinski definition) is 3. The van der Waals surface area contributed by atoms with Crippen molar-refractivity contribution in [3.05, 3.63) is 24.2 Å². The maximum absolute atomic E-state index is 5.60. The summed E-state index contributed by atoms with van der Waals surface area (Å²) in [6.07, 6.45) is 5.74. The third-order valence-corrected chi connectivity index (χ3v) is 2.95. The fourth-order valence-electron chi connectivity index (χ4n) is 1.91. The molecule has 0 spiro atoms. The molecule has 0 saturated heterocycles. The van der Waals surface area contributed by atoms with Gasteiger partial charge in [-0.3, -0.25) is 4.90 Å². The highest BCUT2D eigenvalue weighted by atomic mass is 16.3. The Morgan fingerprint density at radius 3 is 2.86 bits per heavy atom. The average Bonchev–Trinajstić information content (AvgIpc) is 2.54. The maximum Gasteiger partial charge on any atom is 0.117 e. The first-order valence-corrected chi connectivity index (χ1v) is 5.36. The largest absolute Gasteiger partial charge is 0.468 e. The predicted molar refractivity (Wildman–Crippen MR) is 55.8 cm³/mol. The number of nitrogens with two attached hydrogens (primary N) is 1. The van der Waals surface area contributed by atoms with E-state index in [1.165, 1.54) is 19.3 Å². The first kappa shape index (κ1) is 9.74. The van der Waals surface area contributed by atoms with E-state index in [2.05, 4.69) is 4.90 Å². The molecule has 1 heterocycles. The Morgan fingerprint density at radius 2 is 2.36 bits per heavy atom. The van der Waals surface area contributed by atoms with E-state index in [9.17, 15) is 0 Å². The van der Waals surface area contributed by atoms with E-state index in [1.54, 1.807) is 6.26 Å². The lowest BCUT2D eigenvalue weighted by Gasteiger charge is -2.36. The van der Waals surface area contributed by atoms with Gasteiger partial charge in [-0.15, -0.1) is 0 Å². The quantitative estimate of drug-likeness (QED) is 0.774. The van der Waals surface area contributed by atoms with Gasteiger partial charge in [0.15, 0.2) is 0 Å². The van der Waals surface area contributed by atoms with Crippen LogP contribution in [0.3, 0.4) is 0 Å². The zero-order chi connectivity index (χ0) is 9.80. The van der Waals surface area contributed by atoms with Crippen molar-refractivity contribution in [2.75, 3.05) is 13.1 Å². The van der Waals surface area contributed by atoms with Crippen molar-refractivity contribution in [3.8, 4) is 0 Å². The van der Waals surface area contributed by atoms with Crippen LogP contribution in [-0.2, 0) is 6.54 Å². The molecule has 0 aromatic carbocycles. The Morgan fingerprint density at radius 1 is 1.50 bits per heavy atom. The summed E-state index contributed by atoms with van der Waals surface area (Å²) in [7, 11) is 0. The molecule has 2 N–H and O–H groups in total. The minimum atomic E-state index is 0.733. The summed E-state index contributed by atoms with van der Waals surface area (Å²) in [5.41, 5.74) is 5.60. The van der Waals surface area contributed by atoms with Gasteiger partial charge in [0, 0.05) is 19.1 Å². The lowest BCUT2D eigenvalue weighted by atomic mass is 9.91. The second kappa shape index (κ2) is 4.62. The molecule has 1 aromatic heterocycles. The van der Waals surface area contributed by atoms with Gasteiger partial charge >= 0.3 is 0 Å². The van der Waals surface area contributed by atoms with Crippen LogP contribution in [0.15, 0.2) is 22.8 Å². The van der Waals surface area contributed by atoms with E-state index >= 15 is 0 Å².